The first-order valence-corrected chi connectivity index (χ1v) is 17.4. The summed E-state index contributed by atoms with van der Waals surface area (Å²) in [4.78, 5) is 37.9. The van der Waals surface area contributed by atoms with Crippen molar-refractivity contribution < 1.29 is 24.2 Å². The zero-order valence-corrected chi connectivity index (χ0v) is 27.8. The summed E-state index contributed by atoms with van der Waals surface area (Å²) in [5.41, 5.74) is 7.71. The van der Waals surface area contributed by atoms with Gasteiger partial charge in [0, 0.05) is 24.6 Å². The molecule has 8 heteroatoms. The molecule has 7 nitrogen and oxygen atoms in total. The van der Waals surface area contributed by atoms with Crippen LogP contribution in [0.1, 0.15) is 46.6 Å². The van der Waals surface area contributed by atoms with E-state index in [1.54, 1.807) is 11.8 Å². The Bertz CT molecular complexity index is 1740. The summed E-state index contributed by atoms with van der Waals surface area (Å²) in [5, 5.41) is 14.9. The maximum absolute atomic E-state index is 13.4. The summed E-state index contributed by atoms with van der Waals surface area (Å²) >= 11 is 1.70. The molecule has 248 valence electrons. The second kappa shape index (κ2) is 15.7. The van der Waals surface area contributed by atoms with E-state index in [9.17, 15) is 19.5 Å². The molecule has 0 aliphatic heterocycles. The van der Waals surface area contributed by atoms with Crippen molar-refractivity contribution in [2.45, 2.75) is 29.5 Å². The van der Waals surface area contributed by atoms with Crippen LogP contribution in [-0.4, -0.2) is 48.0 Å². The van der Waals surface area contributed by atoms with Crippen LogP contribution >= 0.6 is 11.8 Å². The summed E-state index contributed by atoms with van der Waals surface area (Å²) in [6, 6.07) is 45.9. The lowest BCUT2D eigenvalue weighted by atomic mass is 9.84. The molecular formula is C41H38N2O5S. The Labute approximate surface area is 290 Å². The summed E-state index contributed by atoms with van der Waals surface area (Å²) in [6.45, 7) is 0.387. The minimum Gasteiger partial charge on any atom is -0.481 e. The van der Waals surface area contributed by atoms with Crippen LogP contribution in [0.25, 0.3) is 11.1 Å². The van der Waals surface area contributed by atoms with Crippen molar-refractivity contribution in [2.75, 3.05) is 18.9 Å². The fraction of sp³-hybridized carbons (Fsp3) is 0.195. The van der Waals surface area contributed by atoms with E-state index in [0.29, 0.717) is 12.3 Å². The lowest BCUT2D eigenvalue weighted by molar-refractivity contribution is -0.137. The first kappa shape index (κ1) is 33.6. The van der Waals surface area contributed by atoms with Gasteiger partial charge in [-0.15, -0.1) is 11.8 Å². The third-order valence-corrected chi connectivity index (χ3v) is 10.4. The molecule has 3 N–H and O–H groups in total. The average molecular weight is 671 g/mol. The molecule has 5 aromatic rings. The first-order chi connectivity index (χ1) is 24.0. The summed E-state index contributed by atoms with van der Waals surface area (Å²) in [5.74, 6) is -1.11. The Morgan fingerprint density at radius 1 is 0.694 bits per heavy atom. The van der Waals surface area contributed by atoms with E-state index in [1.165, 1.54) is 0 Å². The number of alkyl carbamates (subject to hydrolysis) is 1. The minimum atomic E-state index is -1.07. The highest BCUT2D eigenvalue weighted by Gasteiger charge is 2.37. The van der Waals surface area contributed by atoms with Crippen molar-refractivity contribution >= 4 is 29.7 Å². The van der Waals surface area contributed by atoms with Crippen molar-refractivity contribution in [3.05, 3.63) is 167 Å². The second-order valence-electron chi connectivity index (χ2n) is 11.9. The molecule has 0 aromatic heterocycles. The van der Waals surface area contributed by atoms with Gasteiger partial charge in [-0.25, -0.2) is 4.79 Å². The fourth-order valence-corrected chi connectivity index (χ4v) is 8.01. The van der Waals surface area contributed by atoms with E-state index in [-0.39, 0.29) is 25.4 Å². The Kier molecular flexibility index (Phi) is 10.8. The topological polar surface area (TPSA) is 105 Å². The third kappa shape index (κ3) is 7.55. The van der Waals surface area contributed by atoms with Crippen molar-refractivity contribution in [3.8, 4) is 11.1 Å². The molecule has 2 amide bonds. The molecule has 0 saturated carbocycles. The van der Waals surface area contributed by atoms with E-state index in [1.807, 2.05) is 91.0 Å². The van der Waals surface area contributed by atoms with Gasteiger partial charge in [0.25, 0.3) is 0 Å². The normalized spacial score (nSPS) is 12.7. The number of carbonyl (C=O) groups excluding carboxylic acids is 2. The number of rotatable bonds is 14. The summed E-state index contributed by atoms with van der Waals surface area (Å²) in [6.07, 6.45) is -1.12. The van der Waals surface area contributed by atoms with Gasteiger partial charge in [-0.05, 0) is 45.4 Å². The van der Waals surface area contributed by atoms with Gasteiger partial charge in [-0.2, -0.15) is 0 Å². The third-order valence-electron chi connectivity index (χ3n) is 8.86. The van der Waals surface area contributed by atoms with Crippen molar-refractivity contribution in [2.24, 2.45) is 0 Å². The van der Waals surface area contributed by atoms with Gasteiger partial charge in [0.2, 0.25) is 5.91 Å². The number of fused-ring (bicyclic) bond motifs is 3. The van der Waals surface area contributed by atoms with Crippen LogP contribution in [0.15, 0.2) is 140 Å². The number of carbonyl (C=O) groups is 3. The first-order valence-electron chi connectivity index (χ1n) is 16.4. The standard InChI is InChI=1S/C41H38N2O5S/c44-38(45)25-24-37(43-40(47)48-28-36-34-22-12-10-20-32(34)33-21-11-13-23-35(33)36)39(46)42-26-27-49-41(29-14-4-1-5-15-29,30-16-6-2-7-17-30)31-18-8-3-9-19-31/h1-23,36-37H,24-28H2,(H,42,46)(H,43,47)(H,44,45). The smallest absolute Gasteiger partial charge is 0.407 e. The molecule has 0 spiro atoms. The Hall–Kier alpha value is -5.34. The van der Waals surface area contributed by atoms with Gasteiger partial charge >= 0.3 is 12.1 Å². The highest BCUT2D eigenvalue weighted by Crippen LogP contribution is 2.48. The van der Waals surface area contributed by atoms with Gasteiger partial charge in [-0.3, -0.25) is 9.59 Å². The molecular weight excluding hydrogens is 633 g/mol. The largest absolute Gasteiger partial charge is 0.481 e. The molecule has 0 fully saturated rings. The summed E-state index contributed by atoms with van der Waals surface area (Å²) < 4.78 is 5.12. The number of carboxylic acid groups (broad SMARTS) is 1. The van der Waals surface area contributed by atoms with Gasteiger partial charge in [0.1, 0.15) is 12.6 Å². The van der Waals surface area contributed by atoms with Crippen molar-refractivity contribution in [3.63, 3.8) is 0 Å². The van der Waals surface area contributed by atoms with E-state index < -0.39 is 28.8 Å². The molecule has 5 aromatic carbocycles. The minimum absolute atomic E-state index is 0.0690. The number of aliphatic carboxylic acids is 1. The van der Waals surface area contributed by atoms with E-state index >= 15 is 0 Å². The van der Waals surface area contributed by atoms with Crippen LogP contribution in [0, 0.1) is 0 Å². The number of hydrogen-bond acceptors (Lipinski definition) is 5. The predicted molar refractivity (Wildman–Crippen MR) is 194 cm³/mol. The van der Waals surface area contributed by atoms with Gasteiger partial charge in [-0.1, -0.05) is 140 Å². The van der Waals surface area contributed by atoms with Crippen molar-refractivity contribution in [1.29, 1.82) is 0 Å². The molecule has 0 bridgehead atoms. The molecule has 0 heterocycles. The number of thioether (sulfide) groups is 1. The average Bonchev–Trinajstić information content (AvgIpc) is 3.47. The van der Waals surface area contributed by atoms with Crippen LogP contribution in [-0.2, 0) is 19.1 Å². The molecule has 6 rings (SSSR count). The number of hydrogen-bond donors (Lipinski definition) is 3. The van der Waals surface area contributed by atoms with Crippen LogP contribution in [0.5, 0.6) is 0 Å². The fourth-order valence-electron chi connectivity index (χ4n) is 6.59. The van der Waals surface area contributed by atoms with Gasteiger partial charge < -0.3 is 20.5 Å². The summed E-state index contributed by atoms with van der Waals surface area (Å²) in [7, 11) is 0. The molecule has 1 aliphatic carbocycles. The van der Waals surface area contributed by atoms with E-state index in [0.717, 1.165) is 38.9 Å². The van der Waals surface area contributed by atoms with Crippen LogP contribution in [0.2, 0.25) is 0 Å². The quantitative estimate of drug-likeness (QED) is 0.0831. The molecule has 0 radical (unpaired) electrons. The Balaban J connectivity index is 1.12. The van der Waals surface area contributed by atoms with Crippen LogP contribution < -0.4 is 10.6 Å². The zero-order valence-electron chi connectivity index (χ0n) is 27.0. The second-order valence-corrected chi connectivity index (χ2v) is 13.2. The Morgan fingerprint density at radius 2 is 1.16 bits per heavy atom. The molecule has 49 heavy (non-hydrogen) atoms. The number of amides is 2. The highest BCUT2D eigenvalue weighted by atomic mass is 32.2. The van der Waals surface area contributed by atoms with E-state index in [2.05, 4.69) is 59.2 Å². The lowest BCUT2D eigenvalue weighted by Gasteiger charge is -2.35. The monoisotopic (exact) mass is 670 g/mol. The predicted octanol–water partition coefficient (Wildman–Crippen LogP) is 7.60. The van der Waals surface area contributed by atoms with E-state index in [4.69, 9.17) is 4.74 Å². The van der Waals surface area contributed by atoms with Crippen LogP contribution in [0.3, 0.4) is 0 Å². The molecule has 0 saturated heterocycles. The van der Waals surface area contributed by atoms with Crippen LogP contribution in [0.4, 0.5) is 4.79 Å². The van der Waals surface area contributed by atoms with Gasteiger partial charge in [0.05, 0.1) is 4.75 Å². The molecule has 1 aliphatic rings. The van der Waals surface area contributed by atoms with Crippen molar-refractivity contribution in [1.82, 2.24) is 10.6 Å². The number of benzene rings is 5. The molecule has 1 unspecified atom stereocenters. The SMILES string of the molecule is O=C(O)CCC(NC(=O)OCC1c2ccccc2-c2ccccc21)C(=O)NCCSC(c1ccccc1)(c1ccccc1)c1ccccc1. The maximum Gasteiger partial charge on any atom is 0.407 e. The zero-order chi connectivity index (χ0) is 34.1. The number of nitrogens with one attached hydrogen (secondary N) is 2. The molecule has 1 atom stereocenters. The Morgan fingerprint density at radius 3 is 1.65 bits per heavy atom. The maximum atomic E-state index is 13.4. The number of carboxylic acids is 1. The lowest BCUT2D eigenvalue weighted by Crippen LogP contribution is -2.48. The number of ether oxygens (including phenoxy) is 1. The van der Waals surface area contributed by atoms with Gasteiger partial charge in [0.15, 0.2) is 0 Å². The highest BCUT2D eigenvalue weighted by molar-refractivity contribution is 8.00.